The van der Waals surface area contributed by atoms with Gasteiger partial charge in [0.15, 0.2) is 0 Å². The smallest absolute Gasteiger partial charge is 0.259 e. The first-order chi connectivity index (χ1) is 10.2. The highest BCUT2D eigenvalue weighted by atomic mass is 79.9. The van der Waals surface area contributed by atoms with Gasteiger partial charge >= 0.3 is 0 Å². The fourth-order valence-corrected chi connectivity index (χ4v) is 2.79. The normalized spacial score (nSPS) is 10.3. The van der Waals surface area contributed by atoms with E-state index >= 15 is 0 Å². The lowest BCUT2D eigenvalue weighted by atomic mass is 10.2. The molecule has 3 rings (SSSR count). The molecule has 1 aromatic carbocycles. The number of aromatic nitrogens is 3. The lowest BCUT2D eigenvalue weighted by Crippen LogP contribution is -2.11. The van der Waals surface area contributed by atoms with Gasteiger partial charge in [0.1, 0.15) is 5.01 Å². The minimum Gasteiger partial charge on any atom is -0.296 e. The predicted octanol–water partition coefficient (Wildman–Crippen LogP) is 3.61. The Morgan fingerprint density at radius 2 is 1.95 bits per heavy atom. The molecule has 21 heavy (non-hydrogen) atoms. The van der Waals surface area contributed by atoms with Crippen LogP contribution in [-0.2, 0) is 0 Å². The van der Waals surface area contributed by atoms with E-state index in [0.29, 0.717) is 10.7 Å². The molecule has 0 unspecified atom stereocenters. The van der Waals surface area contributed by atoms with Gasteiger partial charge in [-0.05, 0) is 22.0 Å². The quantitative estimate of drug-likeness (QED) is 0.774. The van der Waals surface area contributed by atoms with Crippen molar-refractivity contribution in [2.75, 3.05) is 5.32 Å². The van der Waals surface area contributed by atoms with Gasteiger partial charge in [-0.25, -0.2) is 0 Å². The first-order valence-electron chi connectivity index (χ1n) is 6.03. The summed E-state index contributed by atoms with van der Waals surface area (Å²) in [5, 5.41) is 12.0. The van der Waals surface area contributed by atoms with Crippen LogP contribution in [-0.4, -0.2) is 21.1 Å². The van der Waals surface area contributed by atoms with Gasteiger partial charge in [0.2, 0.25) is 5.13 Å². The van der Waals surface area contributed by atoms with Crippen molar-refractivity contribution >= 4 is 38.3 Å². The lowest BCUT2D eigenvalue weighted by molar-refractivity contribution is 0.102. The molecule has 2 heterocycles. The van der Waals surface area contributed by atoms with Crippen LogP contribution in [0.2, 0.25) is 0 Å². The standard InChI is InChI=1S/C14H9BrN4OS/c15-11-6-10(7-16-8-11)12(20)17-14-19-18-13(21-14)9-4-2-1-3-5-9/h1-8H,(H,17,19,20). The van der Waals surface area contributed by atoms with Crippen LogP contribution in [0.15, 0.2) is 53.3 Å². The maximum absolute atomic E-state index is 12.1. The number of amides is 1. The highest BCUT2D eigenvalue weighted by molar-refractivity contribution is 9.10. The van der Waals surface area contributed by atoms with Gasteiger partial charge in [0.05, 0.1) is 5.56 Å². The number of hydrogen-bond acceptors (Lipinski definition) is 5. The molecule has 1 amide bonds. The van der Waals surface area contributed by atoms with Gasteiger partial charge in [-0.1, -0.05) is 41.7 Å². The number of halogens is 1. The maximum Gasteiger partial charge on any atom is 0.259 e. The van der Waals surface area contributed by atoms with Crippen molar-refractivity contribution in [3.63, 3.8) is 0 Å². The van der Waals surface area contributed by atoms with E-state index in [4.69, 9.17) is 0 Å². The Kier molecular flexibility index (Phi) is 4.03. The first-order valence-corrected chi connectivity index (χ1v) is 7.64. The van der Waals surface area contributed by atoms with Crippen LogP contribution < -0.4 is 5.32 Å². The summed E-state index contributed by atoms with van der Waals surface area (Å²) in [6, 6.07) is 11.4. The van der Waals surface area contributed by atoms with Crippen LogP contribution in [0.5, 0.6) is 0 Å². The van der Waals surface area contributed by atoms with Crippen LogP contribution in [0.3, 0.4) is 0 Å². The van der Waals surface area contributed by atoms with Crippen molar-refractivity contribution in [2.24, 2.45) is 0 Å². The third-order valence-corrected chi connectivity index (χ3v) is 3.95. The molecule has 0 saturated carbocycles. The number of nitrogens with one attached hydrogen (secondary N) is 1. The van der Waals surface area contributed by atoms with Gasteiger partial charge in [0.25, 0.3) is 5.91 Å². The summed E-state index contributed by atoms with van der Waals surface area (Å²) < 4.78 is 0.748. The maximum atomic E-state index is 12.1. The second-order valence-corrected chi connectivity index (χ2v) is 6.02. The zero-order valence-corrected chi connectivity index (χ0v) is 13.1. The largest absolute Gasteiger partial charge is 0.296 e. The molecule has 5 nitrogen and oxygen atoms in total. The molecule has 3 aromatic rings. The SMILES string of the molecule is O=C(Nc1nnc(-c2ccccc2)s1)c1cncc(Br)c1. The fourth-order valence-electron chi connectivity index (χ4n) is 1.68. The Morgan fingerprint density at radius 3 is 2.71 bits per heavy atom. The summed E-state index contributed by atoms with van der Waals surface area (Å²) in [4.78, 5) is 16.0. The van der Waals surface area contributed by atoms with E-state index < -0.39 is 0 Å². The number of hydrogen-bond donors (Lipinski definition) is 1. The van der Waals surface area contributed by atoms with E-state index in [1.807, 2.05) is 30.3 Å². The average molecular weight is 361 g/mol. The summed E-state index contributed by atoms with van der Waals surface area (Å²) in [6.07, 6.45) is 3.12. The molecule has 0 aliphatic heterocycles. The molecule has 104 valence electrons. The Labute approximate surface area is 133 Å². The number of nitrogens with zero attached hydrogens (tertiary/aromatic N) is 3. The predicted molar refractivity (Wildman–Crippen MR) is 85.2 cm³/mol. The molecular formula is C14H9BrN4OS. The third-order valence-electron chi connectivity index (χ3n) is 2.63. The van der Waals surface area contributed by atoms with Crippen molar-refractivity contribution in [3.8, 4) is 10.6 Å². The molecule has 7 heteroatoms. The van der Waals surface area contributed by atoms with Gasteiger partial charge in [-0.2, -0.15) is 0 Å². The van der Waals surface area contributed by atoms with Crippen LogP contribution in [0, 0.1) is 0 Å². The Bertz CT molecular complexity index is 775. The molecule has 0 saturated heterocycles. The van der Waals surface area contributed by atoms with Crippen molar-refractivity contribution < 1.29 is 4.79 Å². The topological polar surface area (TPSA) is 67.8 Å². The summed E-state index contributed by atoms with van der Waals surface area (Å²) >= 11 is 4.61. The molecule has 0 bridgehead atoms. The molecule has 0 aliphatic rings. The van der Waals surface area contributed by atoms with E-state index in [0.717, 1.165) is 15.0 Å². The Balaban J connectivity index is 1.77. The summed E-state index contributed by atoms with van der Waals surface area (Å²) in [5.41, 5.74) is 1.43. The summed E-state index contributed by atoms with van der Waals surface area (Å²) in [7, 11) is 0. The molecule has 0 radical (unpaired) electrons. The van der Waals surface area contributed by atoms with E-state index in [-0.39, 0.29) is 5.91 Å². The molecule has 0 aliphatic carbocycles. The van der Waals surface area contributed by atoms with Gasteiger partial charge < -0.3 is 0 Å². The number of anilines is 1. The highest BCUT2D eigenvalue weighted by Crippen LogP contribution is 2.26. The van der Waals surface area contributed by atoms with Gasteiger partial charge in [0, 0.05) is 22.4 Å². The van der Waals surface area contributed by atoms with Crippen LogP contribution >= 0.6 is 27.3 Å². The minimum absolute atomic E-state index is 0.264. The van der Waals surface area contributed by atoms with Gasteiger partial charge in [-0.15, -0.1) is 10.2 Å². The number of pyridine rings is 1. The summed E-state index contributed by atoms with van der Waals surface area (Å²) in [6.45, 7) is 0. The molecule has 0 fully saturated rings. The summed E-state index contributed by atoms with van der Waals surface area (Å²) in [5.74, 6) is -0.264. The van der Waals surface area contributed by atoms with E-state index in [1.54, 1.807) is 12.3 Å². The zero-order chi connectivity index (χ0) is 14.7. The average Bonchev–Trinajstić information content (AvgIpc) is 2.97. The van der Waals surface area contributed by atoms with Crippen molar-refractivity contribution in [3.05, 3.63) is 58.8 Å². The Morgan fingerprint density at radius 1 is 1.14 bits per heavy atom. The van der Waals surface area contributed by atoms with Gasteiger partial charge in [-0.3, -0.25) is 15.1 Å². The highest BCUT2D eigenvalue weighted by Gasteiger charge is 2.11. The van der Waals surface area contributed by atoms with Crippen molar-refractivity contribution in [1.82, 2.24) is 15.2 Å². The van der Waals surface area contributed by atoms with E-state index in [9.17, 15) is 4.79 Å². The van der Waals surface area contributed by atoms with Crippen molar-refractivity contribution in [1.29, 1.82) is 0 Å². The molecular weight excluding hydrogens is 352 g/mol. The third kappa shape index (κ3) is 3.32. The van der Waals surface area contributed by atoms with Crippen LogP contribution in [0.4, 0.5) is 5.13 Å². The second-order valence-electron chi connectivity index (χ2n) is 4.12. The van der Waals surface area contributed by atoms with Crippen LogP contribution in [0.25, 0.3) is 10.6 Å². The molecule has 0 atom stereocenters. The molecule has 2 aromatic heterocycles. The monoisotopic (exact) mass is 360 g/mol. The first kappa shape index (κ1) is 13.8. The minimum atomic E-state index is -0.264. The molecule has 0 spiro atoms. The van der Waals surface area contributed by atoms with E-state index in [2.05, 4.69) is 36.4 Å². The second kappa shape index (κ2) is 6.11. The van der Waals surface area contributed by atoms with Crippen molar-refractivity contribution in [2.45, 2.75) is 0 Å². The zero-order valence-electron chi connectivity index (χ0n) is 10.7. The lowest BCUT2D eigenvalue weighted by Gasteiger charge is -2.00. The van der Waals surface area contributed by atoms with E-state index in [1.165, 1.54) is 17.5 Å². The van der Waals surface area contributed by atoms with Crippen LogP contribution in [0.1, 0.15) is 10.4 Å². The fraction of sp³-hybridized carbons (Fsp3) is 0. The number of carbonyl (C=O) groups excluding carboxylic acids is 1. The molecule has 1 N–H and O–H groups in total. The number of rotatable bonds is 3. The number of benzene rings is 1. The number of carbonyl (C=O) groups is 1. The Hall–Kier alpha value is -2.12.